The number of hydrogen-bond donors (Lipinski definition) is 4. The Kier molecular flexibility index (Phi) is 11.9. The SMILES string of the molecule is CC(C)(CNC(=O)C(=O)Cc1cccc(-c2ccccc2)c1)CNC(=O)c1ccc(Nc2nc(NC3(c4ccc(Cl)cc4)CC3)nc(OCC(F)(F)F)n2)cc1. The van der Waals surface area contributed by atoms with Crippen molar-refractivity contribution >= 4 is 46.8 Å². The van der Waals surface area contributed by atoms with Crippen molar-refractivity contribution in [3.63, 3.8) is 0 Å². The highest BCUT2D eigenvalue weighted by Crippen LogP contribution is 2.48. The molecule has 5 aromatic rings. The van der Waals surface area contributed by atoms with Gasteiger partial charge in [-0.05, 0) is 76.9 Å². The van der Waals surface area contributed by atoms with Gasteiger partial charge in [0.15, 0.2) is 6.61 Å². The Bertz CT molecular complexity index is 2180. The second-order valence-electron chi connectivity index (χ2n) is 14.3. The number of hydrogen-bond acceptors (Lipinski definition) is 9. The maximum Gasteiger partial charge on any atom is 0.422 e. The molecule has 4 N–H and O–H groups in total. The van der Waals surface area contributed by atoms with Crippen LogP contribution in [0.3, 0.4) is 0 Å². The van der Waals surface area contributed by atoms with Crippen molar-refractivity contribution < 1.29 is 32.3 Å². The first-order chi connectivity index (χ1) is 26.7. The second-order valence-corrected chi connectivity index (χ2v) is 14.7. The summed E-state index contributed by atoms with van der Waals surface area (Å²) in [5.74, 6) is -1.71. The molecule has 1 aliphatic rings. The van der Waals surface area contributed by atoms with E-state index in [4.69, 9.17) is 16.3 Å². The first-order valence-electron chi connectivity index (χ1n) is 17.8. The molecular weight excluding hydrogens is 747 g/mol. The Hall–Kier alpha value is -6.02. The minimum atomic E-state index is -4.61. The average Bonchev–Trinajstić information content (AvgIpc) is 3.96. The summed E-state index contributed by atoms with van der Waals surface area (Å²) in [6, 6.07) is 30.2. The molecule has 0 bridgehead atoms. The third kappa shape index (κ3) is 11.0. The molecule has 0 spiro atoms. The number of amides is 2. The first-order valence-corrected chi connectivity index (χ1v) is 18.1. The summed E-state index contributed by atoms with van der Waals surface area (Å²) in [6.45, 7) is 2.44. The normalized spacial score (nSPS) is 13.3. The summed E-state index contributed by atoms with van der Waals surface area (Å²) in [6.07, 6.45) is -3.17. The van der Waals surface area contributed by atoms with Crippen molar-refractivity contribution in [3.05, 3.63) is 125 Å². The summed E-state index contributed by atoms with van der Waals surface area (Å²) >= 11 is 6.04. The fourth-order valence-corrected chi connectivity index (χ4v) is 5.89. The molecule has 4 aromatic carbocycles. The monoisotopic (exact) mass is 785 g/mol. The van der Waals surface area contributed by atoms with E-state index in [9.17, 15) is 27.6 Å². The molecule has 15 heteroatoms. The number of ether oxygens (including phenoxy) is 1. The van der Waals surface area contributed by atoms with Crippen LogP contribution in [-0.2, 0) is 21.5 Å². The lowest BCUT2D eigenvalue weighted by molar-refractivity contribution is -0.154. The Morgan fingerprint density at radius 2 is 1.45 bits per heavy atom. The van der Waals surface area contributed by atoms with E-state index in [-0.39, 0.29) is 37.3 Å². The van der Waals surface area contributed by atoms with Crippen molar-refractivity contribution in [2.45, 2.75) is 44.8 Å². The predicted octanol–water partition coefficient (Wildman–Crippen LogP) is 7.66. The fraction of sp³-hybridized carbons (Fsp3) is 0.268. The van der Waals surface area contributed by atoms with Gasteiger partial charge < -0.3 is 26.0 Å². The summed E-state index contributed by atoms with van der Waals surface area (Å²) < 4.78 is 43.8. The lowest BCUT2D eigenvalue weighted by atomic mass is 9.93. The smallest absolute Gasteiger partial charge is 0.422 e. The number of nitrogens with zero attached hydrogens (tertiary/aromatic N) is 3. The van der Waals surface area contributed by atoms with Crippen LogP contribution >= 0.6 is 11.6 Å². The number of anilines is 3. The third-order valence-electron chi connectivity index (χ3n) is 8.99. The quantitative estimate of drug-likeness (QED) is 0.0741. The van der Waals surface area contributed by atoms with Crippen LogP contribution in [-0.4, -0.2) is 58.4 Å². The average molecular weight is 786 g/mol. The highest BCUT2D eigenvalue weighted by Gasteiger charge is 2.45. The van der Waals surface area contributed by atoms with Crippen LogP contribution in [0.1, 0.15) is 48.2 Å². The van der Waals surface area contributed by atoms with E-state index in [1.54, 1.807) is 36.4 Å². The number of benzene rings is 4. The van der Waals surface area contributed by atoms with Gasteiger partial charge >= 0.3 is 12.2 Å². The maximum absolute atomic E-state index is 13.0. The van der Waals surface area contributed by atoms with E-state index >= 15 is 0 Å². The van der Waals surface area contributed by atoms with Gasteiger partial charge in [-0.2, -0.15) is 28.1 Å². The van der Waals surface area contributed by atoms with Gasteiger partial charge in [0.1, 0.15) is 0 Å². The Morgan fingerprint density at radius 1 is 0.786 bits per heavy atom. The molecule has 0 aliphatic heterocycles. The number of alkyl halides is 3. The van der Waals surface area contributed by atoms with E-state index in [0.717, 1.165) is 35.1 Å². The van der Waals surface area contributed by atoms with Gasteiger partial charge in [-0.15, -0.1) is 0 Å². The van der Waals surface area contributed by atoms with E-state index in [1.165, 1.54) is 0 Å². The van der Waals surface area contributed by atoms with Crippen LogP contribution in [0.2, 0.25) is 5.02 Å². The van der Waals surface area contributed by atoms with Crippen LogP contribution in [0.4, 0.5) is 30.8 Å². The number of halogens is 4. The molecule has 0 saturated heterocycles. The van der Waals surface area contributed by atoms with Crippen LogP contribution < -0.4 is 26.0 Å². The molecule has 0 radical (unpaired) electrons. The van der Waals surface area contributed by atoms with Gasteiger partial charge in [-0.25, -0.2) is 0 Å². The van der Waals surface area contributed by atoms with Gasteiger partial charge in [0.05, 0.1) is 5.54 Å². The van der Waals surface area contributed by atoms with Crippen molar-refractivity contribution in [2.75, 3.05) is 30.3 Å². The topological polar surface area (TPSA) is 147 Å². The molecule has 2 amide bonds. The molecule has 11 nitrogen and oxygen atoms in total. The number of nitrogens with one attached hydrogen (secondary N) is 4. The van der Waals surface area contributed by atoms with Gasteiger partial charge in [0.2, 0.25) is 17.7 Å². The molecule has 1 heterocycles. The van der Waals surface area contributed by atoms with E-state index in [1.807, 2.05) is 80.6 Å². The van der Waals surface area contributed by atoms with E-state index in [0.29, 0.717) is 16.3 Å². The summed E-state index contributed by atoms with van der Waals surface area (Å²) in [5, 5.41) is 12.3. The van der Waals surface area contributed by atoms with Gasteiger partial charge in [0, 0.05) is 35.8 Å². The molecule has 290 valence electrons. The van der Waals surface area contributed by atoms with Gasteiger partial charge in [-0.3, -0.25) is 14.4 Å². The third-order valence-corrected chi connectivity index (χ3v) is 9.24. The molecule has 56 heavy (non-hydrogen) atoms. The van der Waals surface area contributed by atoms with Crippen molar-refractivity contribution in [1.29, 1.82) is 0 Å². The van der Waals surface area contributed by atoms with Crippen molar-refractivity contribution in [1.82, 2.24) is 25.6 Å². The molecular formula is C41H39ClF3N7O4. The second kappa shape index (κ2) is 16.8. The van der Waals surface area contributed by atoms with Crippen LogP contribution in [0.5, 0.6) is 6.01 Å². The zero-order valence-corrected chi connectivity index (χ0v) is 31.3. The predicted molar refractivity (Wildman–Crippen MR) is 207 cm³/mol. The minimum Gasteiger partial charge on any atom is -0.454 e. The zero-order chi connectivity index (χ0) is 39.9. The fourth-order valence-electron chi connectivity index (χ4n) is 5.77. The number of Topliss-reactive ketones (excluding diaryl/α,β-unsaturated/α-hetero) is 1. The van der Waals surface area contributed by atoms with Crippen molar-refractivity contribution in [2.24, 2.45) is 5.41 Å². The molecule has 1 saturated carbocycles. The molecule has 0 atom stereocenters. The standard InChI is InChI=1S/C41H39ClF3N7O4/c1-39(2,24-47-35(55)33(53)22-26-7-6-10-29(21-26)27-8-4-3-5-9-27)23-46-34(54)28-11-17-32(18-12-28)48-36-49-37(51-38(50-36)56-25-41(43,44)45)52-40(19-20-40)30-13-15-31(42)16-14-30/h3-18,21H,19-20,22-25H2,1-2H3,(H,46,54)(H,47,55)(H2,48,49,50,51,52). The van der Waals surface area contributed by atoms with Gasteiger partial charge in [-0.1, -0.05) is 92.2 Å². The molecule has 1 fully saturated rings. The molecule has 0 unspecified atom stereocenters. The number of ketones is 1. The Labute approximate surface area is 326 Å². The van der Waals surface area contributed by atoms with Crippen LogP contribution in [0, 0.1) is 5.41 Å². The number of carbonyl (C=O) groups excluding carboxylic acids is 3. The van der Waals surface area contributed by atoms with Crippen molar-refractivity contribution in [3.8, 4) is 17.1 Å². The largest absolute Gasteiger partial charge is 0.454 e. The molecule has 1 aromatic heterocycles. The zero-order valence-electron chi connectivity index (χ0n) is 30.5. The number of aromatic nitrogens is 3. The summed E-state index contributed by atoms with van der Waals surface area (Å²) in [4.78, 5) is 50.9. The maximum atomic E-state index is 13.0. The number of carbonyl (C=O) groups is 3. The molecule has 6 rings (SSSR count). The van der Waals surface area contributed by atoms with E-state index < -0.39 is 41.4 Å². The van der Waals surface area contributed by atoms with Gasteiger partial charge in [0.25, 0.3) is 11.8 Å². The Morgan fingerprint density at radius 3 is 2.12 bits per heavy atom. The Balaban J connectivity index is 1.02. The lowest BCUT2D eigenvalue weighted by Gasteiger charge is -2.25. The highest BCUT2D eigenvalue weighted by atomic mass is 35.5. The lowest BCUT2D eigenvalue weighted by Crippen LogP contribution is -2.44. The minimum absolute atomic E-state index is 0.0138. The van der Waals surface area contributed by atoms with Crippen LogP contribution in [0.25, 0.3) is 11.1 Å². The summed E-state index contributed by atoms with van der Waals surface area (Å²) in [5.41, 5.74) is 3.27. The molecule has 1 aliphatic carbocycles. The first kappa shape index (κ1) is 39.7. The number of rotatable bonds is 16. The highest BCUT2D eigenvalue weighted by molar-refractivity contribution is 6.36. The summed E-state index contributed by atoms with van der Waals surface area (Å²) in [7, 11) is 0. The van der Waals surface area contributed by atoms with E-state index in [2.05, 4.69) is 36.2 Å². The van der Waals surface area contributed by atoms with Crippen LogP contribution in [0.15, 0.2) is 103 Å².